The molecule has 0 saturated heterocycles. The van der Waals surface area contributed by atoms with E-state index < -0.39 is 0 Å². The number of rotatable bonds is 2. The van der Waals surface area contributed by atoms with Crippen molar-refractivity contribution in [2.24, 2.45) is 0 Å². The number of nitriles is 1. The third kappa shape index (κ3) is 1.98. The maximum Gasteiger partial charge on any atom is 0.0931 e. The van der Waals surface area contributed by atoms with Gasteiger partial charge in [-0.25, -0.2) is 4.68 Å². The molecule has 92 valence electrons. The molecule has 1 aromatic heterocycles. The summed E-state index contributed by atoms with van der Waals surface area (Å²) >= 11 is 0. The number of aryl methyl sites for hydroxylation is 1. The normalized spacial score (nSPS) is 10.5. The Balaban J connectivity index is 2.25. The van der Waals surface area contributed by atoms with E-state index in [1.165, 1.54) is 5.56 Å². The fourth-order valence-electron chi connectivity index (χ4n) is 2.23. The van der Waals surface area contributed by atoms with Crippen molar-refractivity contribution in [1.29, 1.82) is 5.26 Å². The molecule has 3 rings (SSSR count). The van der Waals surface area contributed by atoms with E-state index in [1.54, 1.807) is 0 Å². The molecule has 19 heavy (non-hydrogen) atoms. The van der Waals surface area contributed by atoms with Crippen LogP contribution < -0.4 is 0 Å². The van der Waals surface area contributed by atoms with E-state index in [2.05, 4.69) is 30.2 Å². The summed E-state index contributed by atoms with van der Waals surface area (Å²) in [6, 6.07) is 18.3. The lowest BCUT2D eigenvalue weighted by Crippen LogP contribution is -2.01. The molecule has 3 heteroatoms. The molecule has 0 amide bonds. The number of fused-ring (bicyclic) bond motifs is 1. The second-order valence-electron chi connectivity index (χ2n) is 4.55. The molecule has 0 fully saturated rings. The zero-order chi connectivity index (χ0) is 13.2. The molecule has 1 heterocycles. The van der Waals surface area contributed by atoms with Gasteiger partial charge in [-0.1, -0.05) is 35.9 Å². The summed E-state index contributed by atoms with van der Waals surface area (Å²) in [6.07, 6.45) is 0.356. The monoisotopic (exact) mass is 247 g/mol. The number of hydrogen-bond acceptors (Lipinski definition) is 2. The molecule has 0 aliphatic rings. The Kier molecular flexibility index (Phi) is 2.77. The van der Waals surface area contributed by atoms with Crippen LogP contribution >= 0.6 is 0 Å². The highest BCUT2D eigenvalue weighted by molar-refractivity contribution is 5.82. The highest BCUT2D eigenvalue weighted by Gasteiger charge is 2.11. The number of hydrogen-bond donors (Lipinski definition) is 0. The Labute approximate surface area is 111 Å². The molecule has 0 spiro atoms. The second-order valence-corrected chi connectivity index (χ2v) is 4.55. The first-order chi connectivity index (χ1) is 9.29. The second kappa shape index (κ2) is 4.58. The molecular weight excluding hydrogens is 234 g/mol. The predicted octanol–water partition coefficient (Wildman–Crippen LogP) is 3.40. The van der Waals surface area contributed by atoms with Crippen LogP contribution in [-0.4, -0.2) is 9.78 Å². The summed E-state index contributed by atoms with van der Waals surface area (Å²) in [5.74, 6) is 0. The van der Waals surface area contributed by atoms with Crippen molar-refractivity contribution in [3.8, 4) is 11.8 Å². The van der Waals surface area contributed by atoms with Gasteiger partial charge in [0.25, 0.3) is 0 Å². The highest BCUT2D eigenvalue weighted by Crippen LogP contribution is 2.22. The lowest BCUT2D eigenvalue weighted by atomic mass is 10.1. The molecule has 0 aliphatic heterocycles. The van der Waals surface area contributed by atoms with Gasteiger partial charge in [0.15, 0.2) is 0 Å². The Morgan fingerprint density at radius 2 is 1.84 bits per heavy atom. The van der Waals surface area contributed by atoms with Gasteiger partial charge < -0.3 is 0 Å². The van der Waals surface area contributed by atoms with E-state index in [9.17, 15) is 0 Å². The quantitative estimate of drug-likeness (QED) is 0.696. The van der Waals surface area contributed by atoms with Gasteiger partial charge in [-0.15, -0.1) is 0 Å². The minimum atomic E-state index is 0.356. The summed E-state index contributed by atoms with van der Waals surface area (Å²) in [7, 11) is 0. The van der Waals surface area contributed by atoms with Crippen molar-refractivity contribution in [3.63, 3.8) is 0 Å². The maximum atomic E-state index is 9.02. The zero-order valence-electron chi connectivity index (χ0n) is 10.7. The third-order valence-corrected chi connectivity index (χ3v) is 3.20. The zero-order valence-corrected chi connectivity index (χ0v) is 10.7. The standard InChI is InChI=1S/C16H13N3/c1-12-6-8-13(9-7-12)19-16(10-11-17)14-4-2-3-5-15(14)18-19/h2-9H,10H2,1H3. The molecule has 0 radical (unpaired) electrons. The predicted molar refractivity (Wildman–Crippen MR) is 75.1 cm³/mol. The van der Waals surface area contributed by atoms with E-state index in [0.717, 1.165) is 22.3 Å². The lowest BCUT2D eigenvalue weighted by Gasteiger charge is -2.05. The van der Waals surface area contributed by atoms with E-state index in [4.69, 9.17) is 5.26 Å². The SMILES string of the molecule is Cc1ccc(-n2nc3ccccc3c2CC#N)cc1. The topological polar surface area (TPSA) is 41.6 Å². The minimum Gasteiger partial charge on any atom is -0.236 e. The molecule has 0 atom stereocenters. The summed E-state index contributed by atoms with van der Waals surface area (Å²) in [4.78, 5) is 0. The van der Waals surface area contributed by atoms with Crippen LogP contribution in [0.2, 0.25) is 0 Å². The summed E-state index contributed by atoms with van der Waals surface area (Å²) in [5.41, 5.74) is 4.07. The van der Waals surface area contributed by atoms with Crippen LogP contribution in [0.5, 0.6) is 0 Å². The van der Waals surface area contributed by atoms with Crippen molar-refractivity contribution in [2.45, 2.75) is 13.3 Å². The molecule has 3 nitrogen and oxygen atoms in total. The Morgan fingerprint density at radius 3 is 2.58 bits per heavy atom. The number of aromatic nitrogens is 2. The smallest absolute Gasteiger partial charge is 0.0931 e. The van der Waals surface area contributed by atoms with Crippen molar-refractivity contribution in [3.05, 3.63) is 59.8 Å². The van der Waals surface area contributed by atoms with Crippen LogP contribution in [0.3, 0.4) is 0 Å². The Hall–Kier alpha value is -2.60. The van der Waals surface area contributed by atoms with Gasteiger partial charge in [0.2, 0.25) is 0 Å². The van der Waals surface area contributed by atoms with Gasteiger partial charge in [0, 0.05) is 5.39 Å². The van der Waals surface area contributed by atoms with Crippen LogP contribution in [0.15, 0.2) is 48.5 Å². The van der Waals surface area contributed by atoms with E-state index in [1.807, 2.05) is 41.1 Å². The Bertz CT molecular complexity index is 761. The molecular formula is C16H13N3. The van der Waals surface area contributed by atoms with Gasteiger partial charge in [0.1, 0.15) is 0 Å². The molecule has 0 saturated carbocycles. The Morgan fingerprint density at radius 1 is 1.11 bits per heavy atom. The average molecular weight is 247 g/mol. The van der Waals surface area contributed by atoms with Crippen LogP contribution in [-0.2, 0) is 6.42 Å². The molecule has 2 aromatic carbocycles. The van der Waals surface area contributed by atoms with Crippen LogP contribution in [0.25, 0.3) is 16.6 Å². The van der Waals surface area contributed by atoms with E-state index in [0.29, 0.717) is 6.42 Å². The fraction of sp³-hybridized carbons (Fsp3) is 0.125. The van der Waals surface area contributed by atoms with E-state index in [-0.39, 0.29) is 0 Å². The summed E-state index contributed by atoms with van der Waals surface area (Å²) in [5, 5.41) is 14.7. The van der Waals surface area contributed by atoms with Gasteiger partial charge >= 0.3 is 0 Å². The minimum absolute atomic E-state index is 0.356. The first kappa shape index (κ1) is 11.5. The third-order valence-electron chi connectivity index (χ3n) is 3.20. The van der Waals surface area contributed by atoms with Crippen molar-refractivity contribution < 1.29 is 0 Å². The molecule has 0 unspecified atom stereocenters. The molecule has 3 aromatic rings. The maximum absolute atomic E-state index is 9.02. The van der Waals surface area contributed by atoms with Gasteiger partial charge in [0.05, 0.1) is 29.4 Å². The van der Waals surface area contributed by atoms with E-state index >= 15 is 0 Å². The summed E-state index contributed by atoms with van der Waals surface area (Å²) < 4.78 is 1.87. The highest BCUT2D eigenvalue weighted by atomic mass is 15.3. The largest absolute Gasteiger partial charge is 0.236 e. The summed E-state index contributed by atoms with van der Waals surface area (Å²) in [6.45, 7) is 2.06. The first-order valence-electron chi connectivity index (χ1n) is 6.20. The van der Waals surface area contributed by atoms with Crippen molar-refractivity contribution >= 4 is 10.9 Å². The van der Waals surface area contributed by atoms with Crippen molar-refractivity contribution in [2.75, 3.05) is 0 Å². The number of benzene rings is 2. The van der Waals surface area contributed by atoms with Gasteiger partial charge in [-0.3, -0.25) is 0 Å². The molecule has 0 aliphatic carbocycles. The lowest BCUT2D eigenvalue weighted by molar-refractivity contribution is 0.843. The molecule has 0 bridgehead atoms. The average Bonchev–Trinajstić information content (AvgIpc) is 2.79. The molecule has 0 N–H and O–H groups in total. The first-order valence-corrected chi connectivity index (χ1v) is 6.20. The van der Waals surface area contributed by atoms with Crippen molar-refractivity contribution in [1.82, 2.24) is 9.78 Å². The van der Waals surface area contributed by atoms with Crippen LogP contribution in [0.1, 0.15) is 11.3 Å². The van der Waals surface area contributed by atoms with Crippen LogP contribution in [0.4, 0.5) is 0 Å². The van der Waals surface area contributed by atoms with Gasteiger partial charge in [-0.05, 0) is 25.1 Å². The van der Waals surface area contributed by atoms with Crippen LogP contribution in [0, 0.1) is 18.3 Å². The van der Waals surface area contributed by atoms with Gasteiger partial charge in [-0.2, -0.15) is 10.4 Å². The fourth-order valence-corrected chi connectivity index (χ4v) is 2.23. The number of nitrogens with zero attached hydrogens (tertiary/aromatic N) is 3.